The summed E-state index contributed by atoms with van der Waals surface area (Å²) in [6.07, 6.45) is 3.22. The van der Waals surface area contributed by atoms with E-state index in [1.807, 2.05) is 0 Å². The number of hydrogen-bond acceptors (Lipinski definition) is 4. The van der Waals surface area contributed by atoms with Crippen LogP contribution in [-0.4, -0.2) is 51.4 Å². The lowest BCUT2D eigenvalue weighted by molar-refractivity contribution is -0.121. The van der Waals surface area contributed by atoms with Crippen LogP contribution in [0, 0.1) is 0 Å². The summed E-state index contributed by atoms with van der Waals surface area (Å²) >= 11 is 0. The third kappa shape index (κ3) is 5.89. The maximum absolute atomic E-state index is 12.1. The number of hydrogen-bond donors (Lipinski definition) is 2. The van der Waals surface area contributed by atoms with Crippen LogP contribution in [0.1, 0.15) is 32.6 Å². The highest BCUT2D eigenvalue weighted by Gasteiger charge is 2.20. The summed E-state index contributed by atoms with van der Waals surface area (Å²) in [4.78, 5) is 14.6. The van der Waals surface area contributed by atoms with Crippen molar-refractivity contribution in [3.8, 4) is 0 Å². The summed E-state index contributed by atoms with van der Waals surface area (Å²) in [5.74, 6) is -0.0975. The molecule has 0 bridgehead atoms. The van der Waals surface area contributed by atoms with Crippen molar-refractivity contribution in [3.63, 3.8) is 0 Å². The summed E-state index contributed by atoms with van der Waals surface area (Å²) in [7, 11) is -3.54. The van der Waals surface area contributed by atoms with Gasteiger partial charge in [-0.25, -0.2) is 13.1 Å². The van der Waals surface area contributed by atoms with Gasteiger partial charge in [-0.3, -0.25) is 4.79 Å². The number of amides is 1. The van der Waals surface area contributed by atoms with Crippen molar-refractivity contribution in [2.45, 2.75) is 43.5 Å². The lowest BCUT2D eigenvalue weighted by Crippen LogP contribution is -2.45. The minimum atomic E-state index is -3.54. The van der Waals surface area contributed by atoms with E-state index < -0.39 is 10.0 Å². The molecule has 7 heteroatoms. The first-order chi connectivity index (χ1) is 11.5. The van der Waals surface area contributed by atoms with E-state index in [9.17, 15) is 13.2 Å². The molecule has 1 aliphatic rings. The minimum Gasteiger partial charge on any atom is -0.353 e. The van der Waals surface area contributed by atoms with Crippen molar-refractivity contribution < 1.29 is 13.2 Å². The van der Waals surface area contributed by atoms with Gasteiger partial charge in [0.15, 0.2) is 0 Å². The fourth-order valence-electron chi connectivity index (χ4n) is 2.90. The molecular weight excluding hydrogens is 326 g/mol. The summed E-state index contributed by atoms with van der Waals surface area (Å²) in [5.41, 5.74) is 0. The van der Waals surface area contributed by atoms with Gasteiger partial charge < -0.3 is 10.2 Å². The molecule has 1 fully saturated rings. The molecule has 24 heavy (non-hydrogen) atoms. The fourth-order valence-corrected chi connectivity index (χ4v) is 3.95. The second kappa shape index (κ2) is 9.15. The monoisotopic (exact) mass is 353 g/mol. The van der Waals surface area contributed by atoms with Crippen molar-refractivity contribution in [1.29, 1.82) is 0 Å². The quantitative estimate of drug-likeness (QED) is 0.739. The summed E-state index contributed by atoms with van der Waals surface area (Å²) in [5, 5.41) is 3.01. The van der Waals surface area contributed by atoms with Crippen molar-refractivity contribution in [3.05, 3.63) is 30.3 Å². The highest BCUT2D eigenvalue weighted by molar-refractivity contribution is 7.89. The molecule has 1 heterocycles. The third-order valence-corrected chi connectivity index (χ3v) is 5.67. The smallest absolute Gasteiger partial charge is 0.240 e. The van der Waals surface area contributed by atoms with Gasteiger partial charge >= 0.3 is 0 Å². The molecule has 1 aromatic carbocycles. The molecule has 0 unspecified atom stereocenters. The maximum atomic E-state index is 12.1. The van der Waals surface area contributed by atoms with Gasteiger partial charge in [0, 0.05) is 32.1 Å². The van der Waals surface area contributed by atoms with E-state index in [-0.39, 0.29) is 29.8 Å². The molecular formula is C17H27N3O3S. The maximum Gasteiger partial charge on any atom is 0.240 e. The van der Waals surface area contributed by atoms with Crippen LogP contribution in [0.4, 0.5) is 0 Å². The number of nitrogens with zero attached hydrogens (tertiary/aromatic N) is 1. The molecule has 0 radical (unpaired) electrons. The van der Waals surface area contributed by atoms with E-state index in [1.54, 1.807) is 18.2 Å². The van der Waals surface area contributed by atoms with Crippen LogP contribution in [0.2, 0.25) is 0 Å². The molecule has 1 amide bonds. The number of carbonyl (C=O) groups excluding carboxylic acids is 1. The Hall–Kier alpha value is -1.44. The van der Waals surface area contributed by atoms with Crippen LogP contribution >= 0.6 is 0 Å². The van der Waals surface area contributed by atoms with Crippen LogP contribution in [-0.2, 0) is 14.8 Å². The van der Waals surface area contributed by atoms with Gasteiger partial charge in [0.1, 0.15) is 0 Å². The predicted octanol–water partition coefficient (Wildman–Crippen LogP) is 1.35. The minimum absolute atomic E-state index is 0.0975. The lowest BCUT2D eigenvalue weighted by Gasteiger charge is -2.32. The van der Waals surface area contributed by atoms with Gasteiger partial charge in [0.2, 0.25) is 15.9 Å². The Morgan fingerprint density at radius 2 is 1.88 bits per heavy atom. The lowest BCUT2D eigenvalue weighted by atomic mass is 10.0. The van der Waals surface area contributed by atoms with Crippen molar-refractivity contribution in [2.75, 3.05) is 26.2 Å². The predicted molar refractivity (Wildman–Crippen MR) is 94.1 cm³/mol. The highest BCUT2D eigenvalue weighted by Crippen LogP contribution is 2.11. The number of nitrogens with one attached hydrogen (secondary N) is 2. The third-order valence-electron chi connectivity index (χ3n) is 4.19. The van der Waals surface area contributed by atoms with E-state index in [0.29, 0.717) is 0 Å². The van der Waals surface area contributed by atoms with Crippen LogP contribution < -0.4 is 10.0 Å². The van der Waals surface area contributed by atoms with E-state index in [0.717, 1.165) is 38.9 Å². The molecule has 0 aromatic heterocycles. The van der Waals surface area contributed by atoms with Crippen LogP contribution in [0.25, 0.3) is 0 Å². The molecule has 1 saturated heterocycles. The van der Waals surface area contributed by atoms with E-state index >= 15 is 0 Å². The number of piperidine rings is 1. The Morgan fingerprint density at radius 1 is 1.21 bits per heavy atom. The Bertz CT molecular complexity index is 611. The molecule has 134 valence electrons. The van der Waals surface area contributed by atoms with Crippen molar-refractivity contribution >= 4 is 15.9 Å². The van der Waals surface area contributed by atoms with Crippen LogP contribution in [0.15, 0.2) is 35.2 Å². The van der Waals surface area contributed by atoms with Gasteiger partial charge in [0.05, 0.1) is 4.90 Å². The first kappa shape index (κ1) is 18.9. The Labute approximate surface area is 144 Å². The van der Waals surface area contributed by atoms with E-state index in [1.165, 1.54) is 12.1 Å². The second-order valence-corrected chi connectivity index (χ2v) is 7.91. The first-order valence-corrected chi connectivity index (χ1v) is 10.1. The average molecular weight is 353 g/mol. The van der Waals surface area contributed by atoms with Gasteiger partial charge in [-0.2, -0.15) is 0 Å². The van der Waals surface area contributed by atoms with Gasteiger partial charge in [-0.15, -0.1) is 0 Å². The Balaban J connectivity index is 1.69. The Kier molecular flexibility index (Phi) is 7.20. The first-order valence-electron chi connectivity index (χ1n) is 8.57. The molecule has 1 aliphatic heterocycles. The Morgan fingerprint density at radius 3 is 2.50 bits per heavy atom. The zero-order valence-electron chi connectivity index (χ0n) is 14.2. The highest BCUT2D eigenvalue weighted by atomic mass is 32.2. The summed E-state index contributed by atoms with van der Waals surface area (Å²) in [6, 6.07) is 8.38. The number of benzene rings is 1. The molecule has 6 nitrogen and oxygen atoms in total. The standard InChI is InChI=1S/C17H27N3O3S/c1-2-12-20-13-9-15(10-14-20)19-17(21)8-11-18-24(22,23)16-6-4-3-5-7-16/h3-7,15,18H,2,8-14H2,1H3,(H,19,21). The number of rotatable bonds is 8. The summed E-state index contributed by atoms with van der Waals surface area (Å²) in [6.45, 7) is 5.42. The zero-order valence-corrected chi connectivity index (χ0v) is 15.0. The van der Waals surface area contributed by atoms with Gasteiger partial charge in [-0.1, -0.05) is 25.1 Å². The van der Waals surface area contributed by atoms with Gasteiger partial charge in [-0.05, 0) is 37.9 Å². The second-order valence-electron chi connectivity index (χ2n) is 6.14. The molecule has 0 saturated carbocycles. The molecule has 1 aromatic rings. The zero-order chi connectivity index (χ0) is 17.4. The topological polar surface area (TPSA) is 78.5 Å². The average Bonchev–Trinajstić information content (AvgIpc) is 2.57. The largest absolute Gasteiger partial charge is 0.353 e. The van der Waals surface area contributed by atoms with Crippen molar-refractivity contribution in [1.82, 2.24) is 14.9 Å². The summed E-state index contributed by atoms with van der Waals surface area (Å²) < 4.78 is 26.6. The van der Waals surface area contributed by atoms with Crippen molar-refractivity contribution in [2.24, 2.45) is 0 Å². The molecule has 0 atom stereocenters. The molecule has 0 aliphatic carbocycles. The molecule has 0 spiro atoms. The van der Waals surface area contributed by atoms with Crippen LogP contribution in [0.3, 0.4) is 0 Å². The SMILES string of the molecule is CCCN1CCC(NC(=O)CCNS(=O)(=O)c2ccccc2)CC1. The number of likely N-dealkylation sites (tertiary alicyclic amines) is 1. The van der Waals surface area contributed by atoms with E-state index in [2.05, 4.69) is 21.9 Å². The molecule has 2 N–H and O–H groups in total. The number of carbonyl (C=O) groups is 1. The van der Waals surface area contributed by atoms with Crippen LogP contribution in [0.5, 0.6) is 0 Å². The van der Waals surface area contributed by atoms with E-state index in [4.69, 9.17) is 0 Å². The van der Waals surface area contributed by atoms with Gasteiger partial charge in [0.25, 0.3) is 0 Å². The fraction of sp³-hybridized carbons (Fsp3) is 0.588. The molecule has 2 rings (SSSR count). The number of sulfonamides is 1. The normalized spacial score (nSPS) is 16.9.